The summed E-state index contributed by atoms with van der Waals surface area (Å²) in [6.45, 7) is 2.11. The Morgan fingerprint density at radius 1 is 1.15 bits per heavy atom. The van der Waals surface area contributed by atoms with Crippen LogP contribution in [0.25, 0.3) is 11.0 Å². The topological polar surface area (TPSA) is 72.5 Å². The van der Waals surface area contributed by atoms with Gasteiger partial charge in [0.1, 0.15) is 12.2 Å². The molecule has 0 aliphatic carbocycles. The summed E-state index contributed by atoms with van der Waals surface area (Å²) in [4.78, 5) is 11.9. The fourth-order valence-electron chi connectivity index (χ4n) is 2.69. The molecule has 0 N–H and O–H groups in total. The third-order valence-corrected chi connectivity index (χ3v) is 4.41. The Labute approximate surface area is 155 Å². The molecule has 0 spiro atoms. The van der Waals surface area contributed by atoms with Crippen molar-refractivity contribution >= 4 is 22.6 Å². The van der Waals surface area contributed by atoms with Gasteiger partial charge in [0.15, 0.2) is 11.5 Å². The molecule has 2 aromatic carbocycles. The van der Waals surface area contributed by atoms with Crippen LogP contribution >= 0.6 is 11.6 Å². The highest BCUT2D eigenvalue weighted by molar-refractivity contribution is 6.32. The maximum absolute atomic E-state index is 11.9. The number of rotatable bonds is 5. The average Bonchev–Trinajstić information content (AvgIpc) is 2.65. The fraction of sp³-hybridized carbons (Fsp3) is 0.200. The molecule has 0 aliphatic heterocycles. The zero-order valence-electron chi connectivity index (χ0n) is 14.3. The van der Waals surface area contributed by atoms with Crippen molar-refractivity contribution in [1.82, 2.24) is 0 Å². The van der Waals surface area contributed by atoms with E-state index in [-0.39, 0.29) is 6.61 Å². The zero-order valence-corrected chi connectivity index (χ0v) is 15.1. The summed E-state index contributed by atoms with van der Waals surface area (Å²) < 4.78 is 16.4. The largest absolute Gasteiger partial charge is 0.493 e. The molecule has 132 valence electrons. The van der Waals surface area contributed by atoms with Crippen molar-refractivity contribution in [2.75, 3.05) is 7.11 Å². The van der Waals surface area contributed by atoms with Gasteiger partial charge < -0.3 is 13.9 Å². The normalized spacial score (nSPS) is 10.5. The van der Waals surface area contributed by atoms with Crippen LogP contribution in [0, 0.1) is 11.3 Å². The first-order chi connectivity index (χ1) is 12.5. The molecule has 3 aromatic rings. The number of fused-ring (bicyclic) bond motifs is 1. The molecule has 0 aliphatic rings. The van der Waals surface area contributed by atoms with E-state index in [1.165, 1.54) is 13.2 Å². The van der Waals surface area contributed by atoms with E-state index in [9.17, 15) is 4.79 Å². The highest BCUT2D eigenvalue weighted by atomic mass is 35.5. The Kier molecular flexibility index (Phi) is 5.15. The molecule has 1 heterocycles. The van der Waals surface area contributed by atoms with Crippen LogP contribution in [0.5, 0.6) is 11.5 Å². The number of methoxy groups -OCH3 is 1. The van der Waals surface area contributed by atoms with Crippen LogP contribution < -0.4 is 15.1 Å². The van der Waals surface area contributed by atoms with Crippen molar-refractivity contribution in [3.63, 3.8) is 0 Å². The summed E-state index contributed by atoms with van der Waals surface area (Å²) in [6.07, 6.45) is 0.738. The average molecular weight is 370 g/mol. The maximum atomic E-state index is 11.9. The second kappa shape index (κ2) is 7.51. The highest BCUT2D eigenvalue weighted by Crippen LogP contribution is 2.30. The van der Waals surface area contributed by atoms with Crippen LogP contribution in [0.15, 0.2) is 45.6 Å². The summed E-state index contributed by atoms with van der Waals surface area (Å²) in [5.74, 6) is 0.923. The van der Waals surface area contributed by atoms with Crippen molar-refractivity contribution in [1.29, 1.82) is 5.26 Å². The van der Waals surface area contributed by atoms with Gasteiger partial charge in [-0.3, -0.25) is 0 Å². The van der Waals surface area contributed by atoms with Crippen molar-refractivity contribution in [2.24, 2.45) is 0 Å². The van der Waals surface area contributed by atoms with Gasteiger partial charge in [-0.05, 0) is 36.2 Å². The van der Waals surface area contributed by atoms with Gasteiger partial charge in [0.25, 0.3) is 0 Å². The molecule has 0 fully saturated rings. The number of nitriles is 1. The molecule has 26 heavy (non-hydrogen) atoms. The minimum atomic E-state index is -0.452. The molecule has 0 atom stereocenters. The van der Waals surface area contributed by atoms with Crippen molar-refractivity contribution in [2.45, 2.75) is 20.0 Å². The Bertz CT molecular complexity index is 1070. The van der Waals surface area contributed by atoms with Gasteiger partial charge in [-0.15, -0.1) is 0 Å². The molecular weight excluding hydrogens is 354 g/mol. The number of halogens is 1. The Morgan fingerprint density at radius 2 is 1.96 bits per heavy atom. The monoisotopic (exact) mass is 369 g/mol. The van der Waals surface area contributed by atoms with Gasteiger partial charge >= 0.3 is 5.63 Å². The number of aryl methyl sites for hydroxylation is 1. The lowest BCUT2D eigenvalue weighted by atomic mass is 10.1. The van der Waals surface area contributed by atoms with E-state index in [2.05, 4.69) is 0 Å². The summed E-state index contributed by atoms with van der Waals surface area (Å²) in [5.41, 5.74) is 2.07. The van der Waals surface area contributed by atoms with Crippen LogP contribution in [-0.4, -0.2) is 7.11 Å². The van der Waals surface area contributed by atoms with Gasteiger partial charge in [-0.2, -0.15) is 5.26 Å². The second-order valence-electron chi connectivity index (χ2n) is 5.65. The number of benzene rings is 2. The first-order valence-electron chi connectivity index (χ1n) is 8.01. The third kappa shape index (κ3) is 3.51. The molecule has 3 rings (SSSR count). The van der Waals surface area contributed by atoms with E-state index < -0.39 is 5.63 Å². The smallest absolute Gasteiger partial charge is 0.336 e. The van der Waals surface area contributed by atoms with Crippen LogP contribution in [-0.2, 0) is 13.0 Å². The molecule has 6 heteroatoms. The third-order valence-electron chi connectivity index (χ3n) is 4.05. The molecule has 0 saturated carbocycles. The minimum absolute atomic E-state index is 0.131. The number of nitrogens with zero attached hydrogens (tertiary/aromatic N) is 1. The Balaban J connectivity index is 1.98. The molecule has 1 aromatic heterocycles. The minimum Gasteiger partial charge on any atom is -0.493 e. The lowest BCUT2D eigenvalue weighted by Gasteiger charge is -2.12. The van der Waals surface area contributed by atoms with Crippen LogP contribution in [0.4, 0.5) is 0 Å². The van der Waals surface area contributed by atoms with E-state index in [4.69, 9.17) is 30.8 Å². The van der Waals surface area contributed by atoms with Crippen molar-refractivity contribution < 1.29 is 13.9 Å². The molecule has 0 bridgehead atoms. The summed E-state index contributed by atoms with van der Waals surface area (Å²) in [5, 5.41) is 10.3. The molecular formula is C20H16ClNO4. The van der Waals surface area contributed by atoms with E-state index in [0.717, 1.165) is 17.4 Å². The van der Waals surface area contributed by atoms with E-state index in [1.54, 1.807) is 30.3 Å². The summed E-state index contributed by atoms with van der Waals surface area (Å²) in [6, 6.07) is 11.9. The molecule has 0 radical (unpaired) electrons. The second-order valence-corrected chi connectivity index (χ2v) is 6.06. The number of ether oxygens (including phenoxy) is 2. The van der Waals surface area contributed by atoms with Gasteiger partial charge in [-0.1, -0.05) is 18.5 Å². The predicted molar refractivity (Wildman–Crippen MR) is 98.9 cm³/mol. The van der Waals surface area contributed by atoms with Crippen LogP contribution in [0.2, 0.25) is 5.02 Å². The van der Waals surface area contributed by atoms with Crippen LogP contribution in [0.1, 0.15) is 23.6 Å². The maximum Gasteiger partial charge on any atom is 0.336 e. The Morgan fingerprint density at radius 3 is 2.65 bits per heavy atom. The van der Waals surface area contributed by atoms with Crippen molar-refractivity contribution in [3.05, 3.63) is 68.5 Å². The van der Waals surface area contributed by atoms with Gasteiger partial charge in [0.2, 0.25) is 0 Å². The molecule has 0 amide bonds. The van der Waals surface area contributed by atoms with Gasteiger partial charge in [-0.25, -0.2) is 4.79 Å². The Hall–Kier alpha value is -2.97. The first kappa shape index (κ1) is 17.8. The fourth-order valence-corrected chi connectivity index (χ4v) is 2.99. The molecule has 0 unspecified atom stereocenters. The first-order valence-corrected chi connectivity index (χ1v) is 8.39. The van der Waals surface area contributed by atoms with Gasteiger partial charge in [0.05, 0.1) is 18.7 Å². The standard InChI is InChI=1S/C20H16ClNO4/c1-3-13-7-18-15(9-16(13)21)14(8-20(23)26-18)11-25-17-5-4-12(10-22)6-19(17)24-2/h4-9H,3,11H2,1-2H3. The summed E-state index contributed by atoms with van der Waals surface area (Å²) in [7, 11) is 1.50. The highest BCUT2D eigenvalue weighted by Gasteiger charge is 2.12. The van der Waals surface area contributed by atoms with Crippen molar-refractivity contribution in [3.8, 4) is 17.6 Å². The molecule has 0 saturated heterocycles. The predicted octanol–water partition coefficient (Wildman–Crippen LogP) is 4.47. The van der Waals surface area contributed by atoms with E-state index >= 15 is 0 Å². The van der Waals surface area contributed by atoms with E-state index in [0.29, 0.717) is 33.2 Å². The lowest BCUT2D eigenvalue weighted by Crippen LogP contribution is -2.05. The van der Waals surface area contributed by atoms with E-state index in [1.807, 2.05) is 13.0 Å². The zero-order chi connectivity index (χ0) is 18.7. The lowest BCUT2D eigenvalue weighted by molar-refractivity contribution is 0.285. The number of hydrogen-bond donors (Lipinski definition) is 0. The SMILES string of the molecule is CCc1cc2oc(=O)cc(COc3ccc(C#N)cc3OC)c2cc1Cl. The summed E-state index contributed by atoms with van der Waals surface area (Å²) >= 11 is 6.30. The number of hydrogen-bond acceptors (Lipinski definition) is 5. The molecule has 5 nitrogen and oxygen atoms in total. The van der Waals surface area contributed by atoms with Crippen LogP contribution in [0.3, 0.4) is 0 Å². The quantitative estimate of drug-likeness (QED) is 0.620. The van der Waals surface area contributed by atoms with Gasteiger partial charge in [0, 0.05) is 28.1 Å².